The number of hydrogen-bond acceptors (Lipinski definition) is 4. The molecule has 1 spiro atoms. The fourth-order valence-electron chi connectivity index (χ4n) is 5.30. The molecule has 33 heavy (non-hydrogen) atoms. The summed E-state index contributed by atoms with van der Waals surface area (Å²) in [5, 5.41) is 1.53. The zero-order chi connectivity index (χ0) is 23.4. The Labute approximate surface area is 204 Å². The van der Waals surface area contributed by atoms with Crippen molar-refractivity contribution in [3.05, 3.63) is 44.6 Å². The molecule has 2 aromatic rings. The van der Waals surface area contributed by atoms with Crippen molar-refractivity contribution < 1.29 is 22.0 Å². The largest absolute Gasteiger partial charge is 0.306 e. The third kappa shape index (κ3) is 4.17. The number of piperidine rings is 1. The monoisotopic (exact) mass is 558 g/mol. The third-order valence-electron chi connectivity index (χ3n) is 7.20. The summed E-state index contributed by atoms with van der Waals surface area (Å²) < 4.78 is 56.2. The molecule has 1 saturated carbocycles. The van der Waals surface area contributed by atoms with E-state index < -0.39 is 21.4 Å². The van der Waals surface area contributed by atoms with E-state index in [2.05, 4.69) is 15.9 Å². The first-order valence-electron chi connectivity index (χ1n) is 11.2. The summed E-state index contributed by atoms with van der Waals surface area (Å²) in [6, 6.07) is 7.09. The first kappa shape index (κ1) is 23.4. The first-order chi connectivity index (χ1) is 15.6. The molecule has 1 aliphatic carbocycles. The third-order valence-corrected chi connectivity index (χ3v) is 10.6. The van der Waals surface area contributed by atoms with Crippen molar-refractivity contribution in [2.75, 3.05) is 24.5 Å². The quantitative estimate of drug-likeness (QED) is 0.478. The normalized spacial score (nSPS) is 22.5. The van der Waals surface area contributed by atoms with Gasteiger partial charge in [-0.05, 0) is 55.5 Å². The van der Waals surface area contributed by atoms with E-state index in [1.807, 2.05) is 18.2 Å². The van der Waals surface area contributed by atoms with Crippen molar-refractivity contribution in [3.8, 4) is 0 Å². The highest BCUT2D eigenvalue weighted by molar-refractivity contribution is 9.10. The van der Waals surface area contributed by atoms with Gasteiger partial charge < -0.3 is 4.90 Å². The number of carbonyl (C=O) groups is 1. The molecule has 5 rings (SSSR count). The second-order valence-corrected chi connectivity index (χ2v) is 13.1. The molecule has 10 heteroatoms. The number of carbonyl (C=O) groups excluding carboxylic acids is 1. The number of benzene rings is 1. The van der Waals surface area contributed by atoms with Crippen molar-refractivity contribution >= 4 is 48.9 Å². The highest BCUT2D eigenvalue weighted by Crippen LogP contribution is 2.53. The van der Waals surface area contributed by atoms with Gasteiger partial charge >= 0.3 is 0 Å². The highest BCUT2D eigenvalue weighted by atomic mass is 79.9. The molecule has 2 fully saturated rings. The van der Waals surface area contributed by atoms with Crippen LogP contribution in [0.4, 0.5) is 14.5 Å². The molecule has 1 aromatic heterocycles. The highest BCUT2D eigenvalue weighted by Gasteiger charge is 2.50. The summed E-state index contributed by atoms with van der Waals surface area (Å²) in [6.45, 7) is 1.34. The first-order valence-corrected chi connectivity index (χ1v) is 14.3. The maximum absolute atomic E-state index is 13.9. The molecular formula is C23H25BrF2N2O3S2. The minimum absolute atomic E-state index is 0.153. The number of hydrogen-bond donors (Lipinski definition) is 0. The molecule has 1 aromatic carbocycles. The summed E-state index contributed by atoms with van der Waals surface area (Å²) in [5.41, 5.74) is 1.14. The van der Waals surface area contributed by atoms with Gasteiger partial charge in [-0.3, -0.25) is 4.79 Å². The smallest absolute Gasteiger partial charge is 0.268 e. The molecule has 0 atom stereocenters. The Morgan fingerprint density at radius 1 is 1.03 bits per heavy atom. The Kier molecular flexibility index (Phi) is 5.95. The maximum atomic E-state index is 13.9. The van der Waals surface area contributed by atoms with Crippen molar-refractivity contribution in [2.24, 2.45) is 0 Å². The van der Waals surface area contributed by atoms with Gasteiger partial charge in [-0.15, -0.1) is 11.3 Å². The van der Waals surface area contributed by atoms with E-state index in [1.54, 1.807) is 4.90 Å². The number of nitrogens with zero attached hydrogens (tertiary/aromatic N) is 2. The maximum Gasteiger partial charge on any atom is 0.268 e. The van der Waals surface area contributed by atoms with Crippen molar-refractivity contribution in [1.29, 1.82) is 0 Å². The number of fused-ring (bicyclic) bond motifs is 2. The molecule has 0 bridgehead atoms. The van der Waals surface area contributed by atoms with Gasteiger partial charge in [0.15, 0.2) is 0 Å². The number of alkyl halides is 2. The molecule has 3 heterocycles. The van der Waals surface area contributed by atoms with E-state index in [9.17, 15) is 22.0 Å². The van der Waals surface area contributed by atoms with Gasteiger partial charge in [0.05, 0.1) is 9.77 Å². The summed E-state index contributed by atoms with van der Waals surface area (Å²) >= 11 is 4.60. The molecule has 0 unspecified atom stereocenters. The molecule has 0 radical (unpaired) electrons. The summed E-state index contributed by atoms with van der Waals surface area (Å²) in [5.74, 6) is -2.95. The molecule has 2 aliphatic heterocycles. The van der Waals surface area contributed by atoms with E-state index in [1.165, 1.54) is 15.8 Å². The van der Waals surface area contributed by atoms with Crippen LogP contribution in [0.15, 0.2) is 39.0 Å². The molecule has 0 N–H and O–H groups in total. The fourth-order valence-corrected chi connectivity index (χ4v) is 8.39. The molecule has 5 nitrogen and oxygen atoms in total. The molecule has 178 valence electrons. The zero-order valence-electron chi connectivity index (χ0n) is 18.0. The summed E-state index contributed by atoms with van der Waals surface area (Å²) in [7, 11) is -3.62. The van der Waals surface area contributed by atoms with Gasteiger partial charge in [0.1, 0.15) is 0 Å². The Morgan fingerprint density at radius 3 is 2.42 bits per heavy atom. The SMILES string of the molecule is O=C(c1cc(S(=O)(=O)N2CCCCC2)cs1)N1CC2(CCC(F)(F)CC2)c2cc(Br)ccc21. The predicted molar refractivity (Wildman–Crippen MR) is 128 cm³/mol. The predicted octanol–water partition coefficient (Wildman–Crippen LogP) is 5.79. The Balaban J connectivity index is 1.44. The average Bonchev–Trinajstić information content (AvgIpc) is 3.41. The van der Waals surface area contributed by atoms with Crippen LogP contribution < -0.4 is 4.90 Å². The van der Waals surface area contributed by atoms with Crippen LogP contribution in [0.5, 0.6) is 0 Å². The number of thiophene rings is 1. The van der Waals surface area contributed by atoms with Crippen molar-refractivity contribution in [1.82, 2.24) is 4.31 Å². The van der Waals surface area contributed by atoms with Gasteiger partial charge in [0.25, 0.3) is 5.91 Å². The Morgan fingerprint density at radius 2 is 1.73 bits per heavy atom. The lowest BCUT2D eigenvalue weighted by atomic mass is 9.69. The van der Waals surface area contributed by atoms with E-state index in [0.29, 0.717) is 37.4 Å². The summed E-state index contributed by atoms with van der Waals surface area (Å²) in [6.07, 6.45) is 2.94. The number of sulfonamides is 1. The second kappa shape index (κ2) is 8.39. The lowest BCUT2D eigenvalue weighted by Crippen LogP contribution is -2.41. The molecular weight excluding hydrogens is 534 g/mol. The van der Waals surface area contributed by atoms with Crippen LogP contribution in [0.1, 0.15) is 60.2 Å². The number of amides is 1. The van der Waals surface area contributed by atoms with Gasteiger partial charge in [0, 0.05) is 53.4 Å². The van der Waals surface area contributed by atoms with E-state index in [4.69, 9.17) is 0 Å². The summed E-state index contributed by atoms with van der Waals surface area (Å²) in [4.78, 5) is 15.7. The van der Waals surface area contributed by atoms with Gasteiger partial charge in [-0.25, -0.2) is 17.2 Å². The average molecular weight is 559 g/mol. The molecule has 1 amide bonds. The standard InChI is InChI=1S/C23H25BrF2N2O3S2/c24-16-4-5-19-18(12-16)22(6-8-23(25,26)9-7-22)15-28(19)21(29)20-13-17(14-32-20)33(30,31)27-10-2-1-3-11-27/h4-5,12-14H,1-3,6-11,15H2. The molecule has 3 aliphatic rings. The fraction of sp³-hybridized carbons (Fsp3) is 0.522. The van der Waals surface area contributed by atoms with Crippen LogP contribution in [0.3, 0.4) is 0 Å². The van der Waals surface area contributed by atoms with Gasteiger partial charge in [0.2, 0.25) is 15.9 Å². The van der Waals surface area contributed by atoms with Crippen molar-refractivity contribution in [2.45, 2.75) is 61.2 Å². The van der Waals surface area contributed by atoms with Crippen LogP contribution in [-0.4, -0.2) is 44.2 Å². The van der Waals surface area contributed by atoms with Crippen molar-refractivity contribution in [3.63, 3.8) is 0 Å². The van der Waals surface area contributed by atoms with Gasteiger partial charge in [-0.2, -0.15) is 4.31 Å². The van der Waals surface area contributed by atoms with Crippen LogP contribution in [0, 0.1) is 0 Å². The minimum Gasteiger partial charge on any atom is -0.306 e. The van der Waals surface area contributed by atoms with Crippen LogP contribution >= 0.6 is 27.3 Å². The van der Waals surface area contributed by atoms with E-state index >= 15 is 0 Å². The zero-order valence-corrected chi connectivity index (χ0v) is 21.2. The second-order valence-electron chi connectivity index (χ2n) is 9.30. The van der Waals surface area contributed by atoms with E-state index in [0.717, 1.165) is 46.3 Å². The lowest BCUT2D eigenvalue weighted by Gasteiger charge is -2.37. The minimum atomic E-state index is -3.62. The van der Waals surface area contributed by atoms with Gasteiger partial charge in [-0.1, -0.05) is 22.4 Å². The lowest BCUT2D eigenvalue weighted by molar-refractivity contribution is -0.0499. The molecule has 1 saturated heterocycles. The number of halogens is 3. The number of anilines is 1. The Hall–Kier alpha value is -1.36. The van der Waals surface area contributed by atoms with Crippen LogP contribution in [-0.2, 0) is 15.4 Å². The van der Waals surface area contributed by atoms with Crippen LogP contribution in [0.2, 0.25) is 0 Å². The van der Waals surface area contributed by atoms with E-state index in [-0.39, 0.29) is 23.6 Å². The van der Waals surface area contributed by atoms with Crippen LogP contribution in [0.25, 0.3) is 0 Å². The Bertz CT molecular complexity index is 1180. The number of rotatable bonds is 3. The topological polar surface area (TPSA) is 57.7 Å².